The van der Waals surface area contributed by atoms with E-state index in [2.05, 4.69) is 18.8 Å². The first-order valence-electron chi connectivity index (χ1n) is 5.74. The molecule has 0 fully saturated rings. The highest BCUT2D eigenvalue weighted by atomic mass is 16.5. The number of hydrogen-bond acceptors (Lipinski definition) is 2. The molecular weight excluding hydrogens is 214 g/mol. The van der Waals surface area contributed by atoms with Gasteiger partial charge in [0.05, 0.1) is 0 Å². The third kappa shape index (κ3) is 5.20. The summed E-state index contributed by atoms with van der Waals surface area (Å²) in [5.41, 5.74) is 2.12. The Bertz CT molecular complexity index is 399. The normalized spacial score (nSPS) is 9.76. The molecule has 3 heteroatoms. The molecule has 0 unspecified atom stereocenters. The van der Waals surface area contributed by atoms with Crippen LogP contribution < -0.4 is 10.1 Å². The maximum Gasteiger partial charge on any atom is 0.258 e. The van der Waals surface area contributed by atoms with Gasteiger partial charge in [-0.2, -0.15) is 0 Å². The SMILES string of the molecule is C=C(C)CNC(=O)COc1cccc(CC)c1. The van der Waals surface area contributed by atoms with Gasteiger partial charge in [-0.25, -0.2) is 0 Å². The van der Waals surface area contributed by atoms with E-state index in [1.165, 1.54) is 5.56 Å². The lowest BCUT2D eigenvalue weighted by molar-refractivity contribution is -0.122. The summed E-state index contributed by atoms with van der Waals surface area (Å²) in [4.78, 5) is 11.4. The van der Waals surface area contributed by atoms with Gasteiger partial charge in [-0.15, -0.1) is 0 Å². The fourth-order valence-electron chi connectivity index (χ4n) is 1.30. The number of nitrogens with one attached hydrogen (secondary N) is 1. The maximum atomic E-state index is 11.4. The van der Waals surface area contributed by atoms with Crippen molar-refractivity contribution in [2.45, 2.75) is 20.3 Å². The quantitative estimate of drug-likeness (QED) is 0.766. The average Bonchev–Trinajstić information content (AvgIpc) is 2.34. The summed E-state index contributed by atoms with van der Waals surface area (Å²) in [6, 6.07) is 7.77. The summed E-state index contributed by atoms with van der Waals surface area (Å²) in [5, 5.41) is 2.72. The predicted molar refractivity (Wildman–Crippen MR) is 69.1 cm³/mol. The second-order valence-electron chi connectivity index (χ2n) is 4.02. The number of amides is 1. The third-order valence-electron chi connectivity index (χ3n) is 2.26. The minimum absolute atomic E-state index is 0.0421. The van der Waals surface area contributed by atoms with Crippen molar-refractivity contribution in [3.05, 3.63) is 42.0 Å². The molecule has 0 aliphatic heterocycles. The highest BCUT2D eigenvalue weighted by Crippen LogP contribution is 2.13. The van der Waals surface area contributed by atoms with E-state index in [0.29, 0.717) is 6.54 Å². The van der Waals surface area contributed by atoms with Gasteiger partial charge in [-0.3, -0.25) is 4.79 Å². The van der Waals surface area contributed by atoms with Crippen molar-refractivity contribution in [2.24, 2.45) is 0 Å². The van der Waals surface area contributed by atoms with Crippen LogP contribution in [0, 0.1) is 0 Å². The molecule has 1 aromatic carbocycles. The smallest absolute Gasteiger partial charge is 0.258 e. The zero-order chi connectivity index (χ0) is 12.7. The molecule has 0 radical (unpaired) electrons. The van der Waals surface area contributed by atoms with E-state index >= 15 is 0 Å². The van der Waals surface area contributed by atoms with Crippen LogP contribution in [0.5, 0.6) is 5.75 Å². The number of ether oxygens (including phenoxy) is 1. The highest BCUT2D eigenvalue weighted by molar-refractivity contribution is 5.77. The Morgan fingerprint density at radius 3 is 2.88 bits per heavy atom. The zero-order valence-corrected chi connectivity index (χ0v) is 10.5. The van der Waals surface area contributed by atoms with Crippen molar-refractivity contribution in [1.82, 2.24) is 5.32 Å². The molecule has 1 rings (SSSR count). The minimum Gasteiger partial charge on any atom is -0.484 e. The van der Waals surface area contributed by atoms with Gasteiger partial charge in [0.15, 0.2) is 6.61 Å². The van der Waals surface area contributed by atoms with Crippen molar-refractivity contribution in [3.8, 4) is 5.75 Å². The largest absolute Gasteiger partial charge is 0.484 e. The van der Waals surface area contributed by atoms with Gasteiger partial charge >= 0.3 is 0 Å². The molecule has 1 N–H and O–H groups in total. The van der Waals surface area contributed by atoms with Crippen LogP contribution >= 0.6 is 0 Å². The second-order valence-corrected chi connectivity index (χ2v) is 4.02. The van der Waals surface area contributed by atoms with Crippen molar-refractivity contribution in [2.75, 3.05) is 13.2 Å². The van der Waals surface area contributed by atoms with Gasteiger partial charge in [-0.1, -0.05) is 31.2 Å². The Morgan fingerprint density at radius 1 is 1.47 bits per heavy atom. The Labute approximate surface area is 102 Å². The molecule has 1 amide bonds. The predicted octanol–water partition coefficient (Wildman–Crippen LogP) is 2.32. The van der Waals surface area contributed by atoms with Crippen molar-refractivity contribution in [1.29, 1.82) is 0 Å². The van der Waals surface area contributed by atoms with Crippen LogP contribution in [0.25, 0.3) is 0 Å². The van der Waals surface area contributed by atoms with Gasteiger partial charge in [0.25, 0.3) is 5.91 Å². The molecule has 0 aliphatic carbocycles. The average molecular weight is 233 g/mol. The van der Waals surface area contributed by atoms with Gasteiger partial charge in [0, 0.05) is 6.54 Å². The molecular formula is C14H19NO2. The van der Waals surface area contributed by atoms with Crippen LogP contribution in [0.15, 0.2) is 36.4 Å². The van der Waals surface area contributed by atoms with Crippen molar-refractivity contribution >= 4 is 5.91 Å². The molecule has 17 heavy (non-hydrogen) atoms. The van der Waals surface area contributed by atoms with Gasteiger partial charge in [0.1, 0.15) is 5.75 Å². The molecule has 3 nitrogen and oxygen atoms in total. The summed E-state index contributed by atoms with van der Waals surface area (Å²) in [7, 11) is 0. The van der Waals surface area contributed by atoms with Crippen LogP contribution in [0.2, 0.25) is 0 Å². The van der Waals surface area contributed by atoms with Crippen LogP contribution in [0.3, 0.4) is 0 Å². The third-order valence-corrected chi connectivity index (χ3v) is 2.26. The van der Waals surface area contributed by atoms with E-state index < -0.39 is 0 Å². The summed E-state index contributed by atoms with van der Waals surface area (Å²) >= 11 is 0. The Balaban J connectivity index is 2.39. The van der Waals surface area contributed by atoms with Crippen LogP contribution in [0.1, 0.15) is 19.4 Å². The summed E-state index contributed by atoms with van der Waals surface area (Å²) < 4.78 is 5.40. The first-order valence-corrected chi connectivity index (χ1v) is 5.74. The fraction of sp³-hybridized carbons (Fsp3) is 0.357. The van der Waals surface area contributed by atoms with Crippen LogP contribution in [-0.4, -0.2) is 19.1 Å². The standard InChI is InChI=1S/C14H19NO2/c1-4-12-6-5-7-13(8-12)17-10-14(16)15-9-11(2)3/h5-8H,2,4,9-10H2,1,3H3,(H,15,16). The lowest BCUT2D eigenvalue weighted by atomic mass is 10.2. The van der Waals surface area contributed by atoms with Gasteiger partial charge < -0.3 is 10.1 Å². The second kappa shape index (κ2) is 6.74. The number of aryl methyl sites for hydroxylation is 1. The van der Waals surface area contributed by atoms with Crippen molar-refractivity contribution < 1.29 is 9.53 Å². The molecule has 0 heterocycles. The van der Waals surface area contributed by atoms with Crippen molar-refractivity contribution in [3.63, 3.8) is 0 Å². The molecule has 0 bridgehead atoms. The number of carbonyl (C=O) groups is 1. The minimum atomic E-state index is -0.130. The number of hydrogen-bond donors (Lipinski definition) is 1. The molecule has 0 aromatic heterocycles. The topological polar surface area (TPSA) is 38.3 Å². The molecule has 0 aliphatic rings. The van der Waals surface area contributed by atoms with E-state index in [-0.39, 0.29) is 12.5 Å². The number of benzene rings is 1. The highest BCUT2D eigenvalue weighted by Gasteiger charge is 2.02. The van der Waals surface area contributed by atoms with E-state index in [4.69, 9.17) is 4.74 Å². The van der Waals surface area contributed by atoms with Crippen LogP contribution in [-0.2, 0) is 11.2 Å². The molecule has 0 spiro atoms. The summed E-state index contributed by atoms with van der Waals surface area (Å²) in [6.07, 6.45) is 0.957. The monoisotopic (exact) mass is 233 g/mol. The summed E-state index contributed by atoms with van der Waals surface area (Å²) in [6.45, 7) is 8.20. The van der Waals surface area contributed by atoms with E-state index in [1.54, 1.807) is 0 Å². The summed E-state index contributed by atoms with van der Waals surface area (Å²) in [5.74, 6) is 0.602. The van der Waals surface area contributed by atoms with Gasteiger partial charge in [-0.05, 0) is 31.0 Å². The first-order chi connectivity index (χ1) is 8.11. The van der Waals surface area contributed by atoms with E-state index in [9.17, 15) is 4.79 Å². The van der Waals surface area contributed by atoms with E-state index in [0.717, 1.165) is 17.7 Å². The maximum absolute atomic E-state index is 11.4. The van der Waals surface area contributed by atoms with Gasteiger partial charge in [0.2, 0.25) is 0 Å². The fourth-order valence-corrected chi connectivity index (χ4v) is 1.30. The van der Waals surface area contributed by atoms with E-state index in [1.807, 2.05) is 31.2 Å². The molecule has 0 saturated carbocycles. The lowest BCUT2D eigenvalue weighted by Crippen LogP contribution is -2.29. The Kier molecular flexibility index (Phi) is 5.27. The lowest BCUT2D eigenvalue weighted by Gasteiger charge is -2.08. The van der Waals surface area contributed by atoms with Crippen LogP contribution in [0.4, 0.5) is 0 Å². The molecule has 92 valence electrons. The zero-order valence-electron chi connectivity index (χ0n) is 10.5. The first kappa shape index (κ1) is 13.3. The molecule has 0 atom stereocenters. The Hall–Kier alpha value is -1.77. The molecule has 0 saturated heterocycles. The Morgan fingerprint density at radius 2 is 2.24 bits per heavy atom. The number of carbonyl (C=O) groups excluding carboxylic acids is 1. The molecule has 1 aromatic rings. The number of rotatable bonds is 6.